The summed E-state index contributed by atoms with van der Waals surface area (Å²) in [5.74, 6) is -0.746. The van der Waals surface area contributed by atoms with Gasteiger partial charge in [0.05, 0.1) is 16.4 Å². The van der Waals surface area contributed by atoms with Crippen molar-refractivity contribution in [2.75, 3.05) is 12.4 Å². The van der Waals surface area contributed by atoms with Crippen LogP contribution in [0.2, 0.25) is 0 Å². The Bertz CT molecular complexity index is 869. The molecule has 3 amide bonds. The van der Waals surface area contributed by atoms with Crippen LogP contribution in [0.4, 0.5) is 5.69 Å². The van der Waals surface area contributed by atoms with Crippen LogP contribution in [-0.2, 0) is 11.2 Å². The molecule has 2 aliphatic heterocycles. The minimum absolute atomic E-state index is 0.0960. The maximum absolute atomic E-state index is 12.5. The van der Waals surface area contributed by atoms with Crippen molar-refractivity contribution in [1.29, 1.82) is 0 Å². The summed E-state index contributed by atoms with van der Waals surface area (Å²) in [6, 6.07) is 12.8. The summed E-state index contributed by atoms with van der Waals surface area (Å²) in [7, 11) is 1.45. The summed E-state index contributed by atoms with van der Waals surface area (Å²) in [4.78, 5) is 38.6. The van der Waals surface area contributed by atoms with Gasteiger partial charge in [0, 0.05) is 17.6 Å². The molecule has 1 N–H and O–H groups in total. The molecule has 2 aliphatic rings. The molecule has 2 aromatic carbocycles. The van der Waals surface area contributed by atoms with Gasteiger partial charge in [-0.3, -0.25) is 19.3 Å². The van der Waals surface area contributed by atoms with E-state index in [0.29, 0.717) is 23.2 Å². The number of hydrogen-bond donors (Lipinski definition) is 1. The SMILES string of the molecule is CN1C(=O)c2ccc(NC(=O)[C@@H]3Cc4ccccc4S3)cc2C1=O. The monoisotopic (exact) mass is 338 g/mol. The van der Waals surface area contributed by atoms with E-state index in [2.05, 4.69) is 5.32 Å². The van der Waals surface area contributed by atoms with Crippen molar-refractivity contribution in [2.45, 2.75) is 16.6 Å². The van der Waals surface area contributed by atoms with Gasteiger partial charge in [0.2, 0.25) is 5.91 Å². The van der Waals surface area contributed by atoms with E-state index in [1.165, 1.54) is 12.6 Å². The summed E-state index contributed by atoms with van der Waals surface area (Å²) >= 11 is 1.55. The van der Waals surface area contributed by atoms with Crippen molar-refractivity contribution in [3.05, 3.63) is 59.2 Å². The van der Waals surface area contributed by atoms with Crippen LogP contribution in [0.3, 0.4) is 0 Å². The molecule has 6 heteroatoms. The molecule has 24 heavy (non-hydrogen) atoms. The third-order valence-corrected chi connectivity index (χ3v) is 5.61. The lowest BCUT2D eigenvalue weighted by atomic mass is 10.1. The van der Waals surface area contributed by atoms with Crippen LogP contribution in [0.1, 0.15) is 26.3 Å². The summed E-state index contributed by atoms with van der Waals surface area (Å²) in [6.07, 6.45) is 0.692. The van der Waals surface area contributed by atoms with E-state index >= 15 is 0 Å². The van der Waals surface area contributed by atoms with Crippen molar-refractivity contribution < 1.29 is 14.4 Å². The van der Waals surface area contributed by atoms with Gasteiger partial charge in [-0.05, 0) is 36.2 Å². The zero-order valence-corrected chi connectivity index (χ0v) is 13.7. The highest BCUT2D eigenvalue weighted by atomic mass is 32.2. The lowest BCUT2D eigenvalue weighted by molar-refractivity contribution is -0.115. The molecule has 0 saturated heterocycles. The molecule has 0 saturated carbocycles. The Morgan fingerprint density at radius 3 is 2.67 bits per heavy atom. The highest BCUT2D eigenvalue weighted by Gasteiger charge is 2.33. The number of carbonyl (C=O) groups is 3. The van der Waals surface area contributed by atoms with E-state index in [1.807, 2.05) is 24.3 Å². The zero-order valence-electron chi connectivity index (χ0n) is 12.9. The van der Waals surface area contributed by atoms with Crippen molar-refractivity contribution in [3.8, 4) is 0 Å². The summed E-state index contributed by atoms with van der Waals surface area (Å²) in [6.45, 7) is 0. The molecule has 0 bridgehead atoms. The van der Waals surface area contributed by atoms with E-state index in [1.54, 1.807) is 30.0 Å². The molecule has 0 radical (unpaired) electrons. The molecule has 120 valence electrons. The first-order valence-corrected chi connectivity index (χ1v) is 8.44. The Morgan fingerprint density at radius 2 is 1.88 bits per heavy atom. The minimum Gasteiger partial charge on any atom is -0.325 e. The fourth-order valence-electron chi connectivity index (χ4n) is 2.99. The topological polar surface area (TPSA) is 66.5 Å². The van der Waals surface area contributed by atoms with E-state index in [0.717, 1.165) is 9.80 Å². The van der Waals surface area contributed by atoms with Crippen LogP contribution in [0.15, 0.2) is 47.4 Å². The number of carbonyl (C=O) groups excluding carboxylic acids is 3. The number of nitrogens with zero attached hydrogens (tertiary/aromatic N) is 1. The number of rotatable bonds is 2. The molecule has 0 fully saturated rings. The fraction of sp³-hybridized carbons (Fsp3) is 0.167. The molecule has 0 unspecified atom stereocenters. The first-order valence-electron chi connectivity index (χ1n) is 7.56. The molecule has 0 aromatic heterocycles. The van der Waals surface area contributed by atoms with Crippen LogP contribution >= 0.6 is 11.8 Å². The van der Waals surface area contributed by atoms with Gasteiger partial charge < -0.3 is 5.32 Å². The van der Waals surface area contributed by atoms with Gasteiger partial charge in [-0.25, -0.2) is 0 Å². The van der Waals surface area contributed by atoms with Crippen molar-refractivity contribution in [1.82, 2.24) is 4.90 Å². The number of imide groups is 1. The molecule has 5 nitrogen and oxygen atoms in total. The Hall–Kier alpha value is -2.60. The highest BCUT2D eigenvalue weighted by molar-refractivity contribution is 8.01. The lowest BCUT2D eigenvalue weighted by Crippen LogP contribution is -2.25. The zero-order chi connectivity index (χ0) is 16.8. The minimum atomic E-state index is -0.339. The smallest absolute Gasteiger partial charge is 0.261 e. The van der Waals surface area contributed by atoms with Gasteiger partial charge in [-0.15, -0.1) is 11.8 Å². The van der Waals surface area contributed by atoms with Crippen molar-refractivity contribution in [3.63, 3.8) is 0 Å². The van der Waals surface area contributed by atoms with Gasteiger partial charge >= 0.3 is 0 Å². The largest absolute Gasteiger partial charge is 0.325 e. The van der Waals surface area contributed by atoms with Crippen LogP contribution < -0.4 is 5.32 Å². The predicted molar refractivity (Wildman–Crippen MR) is 91.3 cm³/mol. The van der Waals surface area contributed by atoms with Crippen LogP contribution in [0, 0.1) is 0 Å². The molecule has 2 heterocycles. The number of hydrogen-bond acceptors (Lipinski definition) is 4. The standard InChI is InChI=1S/C18H14N2O3S/c1-20-17(22)12-7-6-11(9-13(12)18(20)23)19-16(21)15-8-10-4-2-3-5-14(10)24-15/h2-7,9,15H,8H2,1H3,(H,19,21)/t15-/m0/s1. The molecule has 2 aromatic rings. The van der Waals surface area contributed by atoms with Crippen LogP contribution in [0.25, 0.3) is 0 Å². The molecule has 4 rings (SSSR count). The summed E-state index contributed by atoms with van der Waals surface area (Å²) in [5, 5.41) is 2.67. The average molecular weight is 338 g/mol. The van der Waals surface area contributed by atoms with Crippen LogP contribution in [0.5, 0.6) is 0 Å². The second-order valence-electron chi connectivity index (χ2n) is 5.84. The Labute approximate surface area is 143 Å². The third kappa shape index (κ3) is 2.30. The highest BCUT2D eigenvalue weighted by Crippen LogP contribution is 2.37. The lowest BCUT2D eigenvalue weighted by Gasteiger charge is -2.10. The van der Waals surface area contributed by atoms with Gasteiger partial charge in [0.25, 0.3) is 11.8 Å². The Morgan fingerprint density at radius 1 is 1.12 bits per heavy atom. The Balaban J connectivity index is 1.52. The maximum Gasteiger partial charge on any atom is 0.261 e. The summed E-state index contributed by atoms with van der Waals surface area (Å²) < 4.78 is 0. The van der Waals surface area contributed by atoms with Gasteiger partial charge in [0.1, 0.15) is 0 Å². The number of amides is 3. The predicted octanol–water partition coefficient (Wildman–Crippen LogP) is 2.57. The van der Waals surface area contributed by atoms with Crippen molar-refractivity contribution >= 4 is 35.2 Å². The fourth-order valence-corrected chi connectivity index (χ4v) is 4.19. The number of thioether (sulfide) groups is 1. The summed E-state index contributed by atoms with van der Waals surface area (Å²) in [5.41, 5.74) is 2.43. The molecule has 1 atom stereocenters. The average Bonchev–Trinajstić information content (AvgIpc) is 3.11. The quantitative estimate of drug-likeness (QED) is 0.855. The maximum atomic E-state index is 12.5. The first-order chi connectivity index (χ1) is 11.5. The number of benzene rings is 2. The van der Waals surface area contributed by atoms with E-state index < -0.39 is 0 Å². The van der Waals surface area contributed by atoms with Crippen molar-refractivity contribution in [2.24, 2.45) is 0 Å². The van der Waals surface area contributed by atoms with Gasteiger partial charge in [-0.1, -0.05) is 18.2 Å². The second-order valence-corrected chi connectivity index (χ2v) is 7.08. The molecular weight excluding hydrogens is 324 g/mol. The normalized spacial score (nSPS) is 18.5. The second kappa shape index (κ2) is 5.49. The van der Waals surface area contributed by atoms with E-state index in [-0.39, 0.29) is 23.0 Å². The third-order valence-electron chi connectivity index (χ3n) is 4.30. The number of anilines is 1. The van der Waals surface area contributed by atoms with Gasteiger partial charge in [0.15, 0.2) is 0 Å². The number of nitrogens with one attached hydrogen (secondary N) is 1. The molecule has 0 spiro atoms. The molecular formula is C18H14N2O3S. The molecule has 0 aliphatic carbocycles. The number of fused-ring (bicyclic) bond motifs is 2. The first kappa shape index (κ1) is 15.0. The van der Waals surface area contributed by atoms with Gasteiger partial charge in [-0.2, -0.15) is 0 Å². The van der Waals surface area contributed by atoms with Crippen LogP contribution in [-0.4, -0.2) is 34.9 Å². The Kier molecular flexibility index (Phi) is 3.42. The van der Waals surface area contributed by atoms with E-state index in [9.17, 15) is 14.4 Å². The van der Waals surface area contributed by atoms with E-state index in [4.69, 9.17) is 0 Å².